The second-order valence-electron chi connectivity index (χ2n) is 5.42. The van der Waals surface area contributed by atoms with E-state index in [0.29, 0.717) is 6.04 Å². The maximum atomic E-state index is 11.6. The van der Waals surface area contributed by atoms with Gasteiger partial charge in [-0.2, -0.15) is 0 Å². The first kappa shape index (κ1) is 14.5. The summed E-state index contributed by atoms with van der Waals surface area (Å²) in [6, 6.07) is 0.493. The third-order valence-electron chi connectivity index (χ3n) is 3.73. The molecule has 0 bridgehead atoms. The summed E-state index contributed by atoms with van der Waals surface area (Å²) in [6.07, 6.45) is 14.7. The zero-order valence-corrected chi connectivity index (χ0v) is 11.5. The van der Waals surface area contributed by atoms with Crippen molar-refractivity contribution in [3.63, 3.8) is 0 Å². The third-order valence-corrected chi connectivity index (χ3v) is 3.73. The quantitative estimate of drug-likeness (QED) is 0.601. The Morgan fingerprint density at radius 1 is 1.00 bits per heavy atom. The van der Waals surface area contributed by atoms with Crippen molar-refractivity contribution in [2.45, 2.75) is 90.0 Å². The van der Waals surface area contributed by atoms with Crippen LogP contribution in [-0.4, -0.2) is 11.9 Å². The summed E-state index contributed by atoms with van der Waals surface area (Å²) >= 11 is 0. The fourth-order valence-corrected chi connectivity index (χ4v) is 2.61. The SMILES string of the molecule is CCCCCCCCCC(=O)NC1CCCC1. The van der Waals surface area contributed by atoms with Crippen LogP contribution in [0, 0.1) is 0 Å². The minimum absolute atomic E-state index is 0.283. The van der Waals surface area contributed by atoms with Crippen LogP contribution < -0.4 is 5.32 Å². The van der Waals surface area contributed by atoms with Crippen LogP contribution in [0.3, 0.4) is 0 Å². The second kappa shape index (κ2) is 9.49. The maximum Gasteiger partial charge on any atom is 0.220 e. The van der Waals surface area contributed by atoms with Crippen LogP contribution in [0.5, 0.6) is 0 Å². The fraction of sp³-hybridized carbons (Fsp3) is 0.933. The molecule has 0 spiro atoms. The Labute approximate surface area is 107 Å². The van der Waals surface area contributed by atoms with Crippen molar-refractivity contribution in [3.8, 4) is 0 Å². The Hall–Kier alpha value is -0.530. The largest absolute Gasteiger partial charge is 0.353 e. The smallest absolute Gasteiger partial charge is 0.220 e. The number of nitrogens with one attached hydrogen (secondary N) is 1. The van der Waals surface area contributed by atoms with Crippen molar-refractivity contribution in [2.24, 2.45) is 0 Å². The van der Waals surface area contributed by atoms with Gasteiger partial charge in [0, 0.05) is 12.5 Å². The van der Waals surface area contributed by atoms with Crippen molar-refractivity contribution in [1.29, 1.82) is 0 Å². The van der Waals surface area contributed by atoms with Crippen LogP contribution in [0.15, 0.2) is 0 Å². The lowest BCUT2D eigenvalue weighted by Gasteiger charge is -2.11. The molecule has 1 aliphatic carbocycles. The standard InChI is InChI=1S/C15H29NO/c1-2-3-4-5-6-7-8-13-15(17)16-14-11-9-10-12-14/h14H,2-13H2,1H3,(H,16,17). The summed E-state index contributed by atoms with van der Waals surface area (Å²) in [5, 5.41) is 3.15. The second-order valence-corrected chi connectivity index (χ2v) is 5.42. The predicted octanol–water partition coefficient (Wildman–Crippen LogP) is 4.19. The summed E-state index contributed by atoms with van der Waals surface area (Å²) in [6.45, 7) is 2.24. The first-order chi connectivity index (χ1) is 8.33. The van der Waals surface area contributed by atoms with Gasteiger partial charge in [0.1, 0.15) is 0 Å². The Morgan fingerprint density at radius 2 is 1.59 bits per heavy atom. The van der Waals surface area contributed by atoms with E-state index >= 15 is 0 Å². The lowest BCUT2D eigenvalue weighted by Crippen LogP contribution is -2.32. The summed E-state index contributed by atoms with van der Waals surface area (Å²) in [5.74, 6) is 0.283. The molecule has 2 nitrogen and oxygen atoms in total. The van der Waals surface area contributed by atoms with Gasteiger partial charge in [-0.1, -0.05) is 58.3 Å². The van der Waals surface area contributed by atoms with Crippen molar-refractivity contribution in [2.75, 3.05) is 0 Å². The molecule has 1 aliphatic rings. The van der Waals surface area contributed by atoms with Gasteiger partial charge in [-0.05, 0) is 19.3 Å². The Kier molecular flexibility index (Phi) is 8.12. The number of carbonyl (C=O) groups excluding carboxylic acids is 1. The molecular formula is C15H29NO. The molecule has 0 aromatic heterocycles. The number of hydrogen-bond acceptors (Lipinski definition) is 1. The minimum atomic E-state index is 0.283. The van der Waals surface area contributed by atoms with Gasteiger partial charge < -0.3 is 5.32 Å². The Bertz CT molecular complexity index is 197. The number of carbonyl (C=O) groups is 1. The van der Waals surface area contributed by atoms with Gasteiger partial charge in [-0.3, -0.25) is 4.79 Å². The first-order valence-electron chi connectivity index (χ1n) is 7.62. The van der Waals surface area contributed by atoms with E-state index in [1.807, 2.05) is 0 Å². The number of hydrogen-bond donors (Lipinski definition) is 1. The summed E-state index contributed by atoms with van der Waals surface area (Å²) in [5.41, 5.74) is 0. The lowest BCUT2D eigenvalue weighted by atomic mass is 10.1. The van der Waals surface area contributed by atoms with E-state index in [4.69, 9.17) is 0 Å². The average molecular weight is 239 g/mol. The molecule has 0 radical (unpaired) electrons. The molecule has 100 valence electrons. The van der Waals surface area contributed by atoms with Crippen molar-refractivity contribution in [1.82, 2.24) is 5.32 Å². The highest BCUT2D eigenvalue weighted by Crippen LogP contribution is 2.17. The monoisotopic (exact) mass is 239 g/mol. The van der Waals surface area contributed by atoms with Gasteiger partial charge >= 0.3 is 0 Å². The van der Waals surface area contributed by atoms with E-state index in [1.54, 1.807) is 0 Å². The third kappa shape index (κ3) is 7.40. The average Bonchev–Trinajstić information content (AvgIpc) is 2.80. The van der Waals surface area contributed by atoms with Crippen LogP contribution in [0.2, 0.25) is 0 Å². The first-order valence-corrected chi connectivity index (χ1v) is 7.62. The number of amides is 1. The maximum absolute atomic E-state index is 11.6. The summed E-state index contributed by atoms with van der Waals surface area (Å²) < 4.78 is 0. The highest BCUT2D eigenvalue weighted by Gasteiger charge is 2.16. The molecule has 0 aromatic carbocycles. The molecule has 1 saturated carbocycles. The molecule has 1 amide bonds. The van der Waals surface area contributed by atoms with Gasteiger partial charge in [-0.25, -0.2) is 0 Å². The van der Waals surface area contributed by atoms with E-state index in [1.165, 1.54) is 64.2 Å². The van der Waals surface area contributed by atoms with E-state index in [2.05, 4.69) is 12.2 Å². The molecule has 1 fully saturated rings. The van der Waals surface area contributed by atoms with E-state index in [-0.39, 0.29) is 5.91 Å². The Balaban J connectivity index is 1.86. The Morgan fingerprint density at radius 3 is 2.24 bits per heavy atom. The molecule has 1 rings (SSSR count). The molecule has 0 unspecified atom stereocenters. The van der Waals surface area contributed by atoms with Crippen LogP contribution in [0.4, 0.5) is 0 Å². The van der Waals surface area contributed by atoms with Crippen LogP contribution >= 0.6 is 0 Å². The van der Waals surface area contributed by atoms with E-state index in [9.17, 15) is 4.79 Å². The summed E-state index contributed by atoms with van der Waals surface area (Å²) in [7, 11) is 0. The van der Waals surface area contributed by atoms with Gasteiger partial charge in [0.25, 0.3) is 0 Å². The number of rotatable bonds is 9. The van der Waals surface area contributed by atoms with Crippen molar-refractivity contribution < 1.29 is 4.79 Å². The highest BCUT2D eigenvalue weighted by molar-refractivity contribution is 5.76. The predicted molar refractivity (Wildman–Crippen MR) is 73.0 cm³/mol. The van der Waals surface area contributed by atoms with Gasteiger partial charge in [0.2, 0.25) is 5.91 Å². The van der Waals surface area contributed by atoms with Crippen molar-refractivity contribution >= 4 is 5.91 Å². The highest BCUT2D eigenvalue weighted by atomic mass is 16.1. The summed E-state index contributed by atoms with van der Waals surface area (Å²) in [4.78, 5) is 11.6. The number of unbranched alkanes of at least 4 members (excludes halogenated alkanes) is 6. The van der Waals surface area contributed by atoms with E-state index < -0.39 is 0 Å². The molecule has 0 atom stereocenters. The van der Waals surface area contributed by atoms with Gasteiger partial charge in [-0.15, -0.1) is 0 Å². The molecular weight excluding hydrogens is 210 g/mol. The van der Waals surface area contributed by atoms with Crippen molar-refractivity contribution in [3.05, 3.63) is 0 Å². The molecule has 1 N–H and O–H groups in total. The zero-order valence-electron chi connectivity index (χ0n) is 11.5. The minimum Gasteiger partial charge on any atom is -0.353 e. The lowest BCUT2D eigenvalue weighted by molar-refractivity contribution is -0.121. The van der Waals surface area contributed by atoms with E-state index in [0.717, 1.165) is 12.8 Å². The fourth-order valence-electron chi connectivity index (χ4n) is 2.61. The van der Waals surface area contributed by atoms with Crippen LogP contribution in [0.1, 0.15) is 84.0 Å². The van der Waals surface area contributed by atoms with Gasteiger partial charge in [0.05, 0.1) is 0 Å². The normalized spacial score (nSPS) is 16.3. The van der Waals surface area contributed by atoms with Gasteiger partial charge in [0.15, 0.2) is 0 Å². The zero-order chi connectivity index (χ0) is 12.3. The molecule has 2 heteroatoms. The molecule has 0 aliphatic heterocycles. The molecule has 0 heterocycles. The molecule has 0 aromatic rings. The molecule has 17 heavy (non-hydrogen) atoms. The topological polar surface area (TPSA) is 29.1 Å². The molecule has 0 saturated heterocycles. The van der Waals surface area contributed by atoms with Crippen LogP contribution in [0.25, 0.3) is 0 Å². The van der Waals surface area contributed by atoms with Crippen LogP contribution in [-0.2, 0) is 4.79 Å².